The molecule has 5 nitrogen and oxygen atoms in total. The summed E-state index contributed by atoms with van der Waals surface area (Å²) in [4.78, 5) is 0. The quantitative estimate of drug-likeness (QED) is 0.835. The Kier molecular flexibility index (Phi) is 4.08. The highest BCUT2D eigenvalue weighted by atomic mass is 32.2. The molecule has 7 heteroatoms. The Bertz CT molecular complexity index is 499. The van der Waals surface area contributed by atoms with Gasteiger partial charge in [-0.15, -0.1) is 11.3 Å². The smallest absolute Gasteiger partial charge is 0.252 e. The van der Waals surface area contributed by atoms with Crippen LogP contribution in [-0.4, -0.2) is 49.2 Å². The van der Waals surface area contributed by atoms with Crippen LogP contribution < -0.4 is 0 Å². The van der Waals surface area contributed by atoms with Gasteiger partial charge < -0.3 is 10.2 Å². The first-order valence-corrected chi connectivity index (χ1v) is 8.08. The summed E-state index contributed by atoms with van der Waals surface area (Å²) in [5.74, 6) is -0.350. The number of rotatable bonds is 4. The molecular weight excluding hydrogens is 274 g/mol. The summed E-state index contributed by atoms with van der Waals surface area (Å²) >= 11 is 1.21. The van der Waals surface area contributed by atoms with Crippen LogP contribution in [-0.2, 0) is 10.0 Å². The largest absolute Gasteiger partial charge is 0.396 e. The molecular formula is C11H17NO4S2. The Morgan fingerprint density at radius 3 is 2.28 bits per heavy atom. The van der Waals surface area contributed by atoms with Gasteiger partial charge in [0.05, 0.1) is 0 Å². The van der Waals surface area contributed by atoms with Crippen LogP contribution >= 0.6 is 11.3 Å². The van der Waals surface area contributed by atoms with Crippen molar-refractivity contribution in [3.8, 4) is 0 Å². The number of hydrogen-bond acceptors (Lipinski definition) is 5. The minimum absolute atomic E-state index is 0.0965. The molecule has 1 fully saturated rings. The van der Waals surface area contributed by atoms with E-state index in [9.17, 15) is 18.6 Å². The molecule has 0 amide bonds. The lowest BCUT2D eigenvalue weighted by molar-refractivity contribution is 0.152. The van der Waals surface area contributed by atoms with Crippen LogP contribution in [0, 0.1) is 18.8 Å². The molecule has 2 N–H and O–H groups in total. The standard InChI is InChI=1S/C11H17NO4S2/c1-8-2-11(17-7-8)18(15,16)12-3-9(5-13)10(4-12)6-14/h2,7,9-10,13-14H,3-6H2,1H3/t9-,10-/m1/s1. The molecule has 1 aliphatic heterocycles. The van der Waals surface area contributed by atoms with Crippen molar-refractivity contribution in [1.29, 1.82) is 0 Å². The van der Waals surface area contributed by atoms with Crippen LogP contribution in [0.2, 0.25) is 0 Å². The average molecular weight is 291 g/mol. The minimum atomic E-state index is -3.47. The fourth-order valence-corrected chi connectivity index (χ4v) is 5.11. The third-order valence-electron chi connectivity index (χ3n) is 3.31. The summed E-state index contributed by atoms with van der Waals surface area (Å²) in [5, 5.41) is 20.2. The first kappa shape index (κ1) is 14.0. The Morgan fingerprint density at radius 1 is 1.33 bits per heavy atom. The van der Waals surface area contributed by atoms with Crippen molar-refractivity contribution in [3.05, 3.63) is 17.0 Å². The van der Waals surface area contributed by atoms with E-state index in [-0.39, 0.29) is 38.1 Å². The molecule has 18 heavy (non-hydrogen) atoms. The molecule has 102 valence electrons. The van der Waals surface area contributed by atoms with E-state index >= 15 is 0 Å². The monoisotopic (exact) mass is 291 g/mol. The summed E-state index contributed by atoms with van der Waals surface area (Å²) in [6.07, 6.45) is 0. The van der Waals surface area contributed by atoms with E-state index < -0.39 is 10.0 Å². The van der Waals surface area contributed by atoms with Gasteiger partial charge in [0.15, 0.2) is 0 Å². The molecule has 0 aromatic carbocycles. The van der Waals surface area contributed by atoms with Gasteiger partial charge in [-0.2, -0.15) is 4.31 Å². The molecule has 1 aromatic rings. The van der Waals surface area contributed by atoms with Crippen molar-refractivity contribution in [1.82, 2.24) is 4.31 Å². The molecule has 0 saturated carbocycles. The maximum Gasteiger partial charge on any atom is 0.252 e. The maximum atomic E-state index is 12.3. The van der Waals surface area contributed by atoms with Gasteiger partial charge in [-0.05, 0) is 23.9 Å². The molecule has 0 spiro atoms. The lowest BCUT2D eigenvalue weighted by Crippen LogP contribution is -2.29. The molecule has 2 heterocycles. The molecule has 0 aliphatic carbocycles. The van der Waals surface area contributed by atoms with Gasteiger partial charge in [0.25, 0.3) is 10.0 Å². The lowest BCUT2D eigenvalue weighted by Gasteiger charge is -2.14. The number of hydrogen-bond donors (Lipinski definition) is 2. The van der Waals surface area contributed by atoms with Gasteiger partial charge in [-0.25, -0.2) is 8.42 Å². The topological polar surface area (TPSA) is 77.8 Å². The first-order valence-electron chi connectivity index (χ1n) is 5.76. The highest BCUT2D eigenvalue weighted by Crippen LogP contribution is 2.30. The number of aliphatic hydroxyl groups excluding tert-OH is 2. The second kappa shape index (κ2) is 5.26. The zero-order valence-electron chi connectivity index (χ0n) is 10.1. The molecule has 1 aromatic heterocycles. The van der Waals surface area contributed by atoms with Crippen molar-refractivity contribution in [2.45, 2.75) is 11.1 Å². The van der Waals surface area contributed by atoms with Gasteiger partial charge in [0.1, 0.15) is 4.21 Å². The van der Waals surface area contributed by atoms with Crippen molar-refractivity contribution < 1.29 is 18.6 Å². The predicted octanol–water partition coefficient (Wildman–Crippen LogP) is 0.278. The van der Waals surface area contributed by atoms with Gasteiger partial charge in [0, 0.05) is 38.1 Å². The van der Waals surface area contributed by atoms with E-state index in [1.807, 2.05) is 6.92 Å². The number of nitrogens with zero attached hydrogens (tertiary/aromatic N) is 1. The highest BCUT2D eigenvalue weighted by Gasteiger charge is 2.39. The molecule has 0 unspecified atom stereocenters. The minimum Gasteiger partial charge on any atom is -0.396 e. The van der Waals surface area contributed by atoms with Gasteiger partial charge in [-0.1, -0.05) is 0 Å². The van der Waals surface area contributed by atoms with E-state index in [1.54, 1.807) is 11.4 Å². The van der Waals surface area contributed by atoms with Crippen molar-refractivity contribution in [2.24, 2.45) is 11.8 Å². The zero-order chi connectivity index (χ0) is 13.3. The number of aliphatic hydroxyl groups is 2. The summed E-state index contributed by atoms with van der Waals surface area (Å²) in [7, 11) is -3.47. The van der Waals surface area contributed by atoms with Crippen molar-refractivity contribution in [2.75, 3.05) is 26.3 Å². The number of sulfonamides is 1. The van der Waals surface area contributed by atoms with Crippen LogP contribution in [0.3, 0.4) is 0 Å². The van der Waals surface area contributed by atoms with Crippen LogP contribution in [0.15, 0.2) is 15.7 Å². The highest BCUT2D eigenvalue weighted by molar-refractivity contribution is 7.91. The number of aryl methyl sites for hydroxylation is 1. The predicted molar refractivity (Wildman–Crippen MR) is 69.0 cm³/mol. The fourth-order valence-electron chi connectivity index (χ4n) is 2.17. The summed E-state index contributed by atoms with van der Waals surface area (Å²) in [6, 6.07) is 1.65. The van der Waals surface area contributed by atoms with Gasteiger partial charge in [0.2, 0.25) is 0 Å². The van der Waals surface area contributed by atoms with Crippen molar-refractivity contribution in [3.63, 3.8) is 0 Å². The zero-order valence-corrected chi connectivity index (χ0v) is 11.7. The number of thiophene rings is 1. The summed E-state index contributed by atoms with van der Waals surface area (Å²) in [6.45, 7) is 2.22. The Hall–Kier alpha value is -0.470. The Balaban J connectivity index is 2.22. The average Bonchev–Trinajstić information content (AvgIpc) is 2.94. The normalized spacial score (nSPS) is 25.7. The Labute approximate surface area is 111 Å². The maximum absolute atomic E-state index is 12.3. The van der Waals surface area contributed by atoms with E-state index in [4.69, 9.17) is 0 Å². The van der Waals surface area contributed by atoms with E-state index in [1.165, 1.54) is 15.6 Å². The van der Waals surface area contributed by atoms with Crippen LogP contribution in [0.1, 0.15) is 5.56 Å². The van der Waals surface area contributed by atoms with E-state index in [0.717, 1.165) is 5.56 Å². The summed E-state index contributed by atoms with van der Waals surface area (Å²) < 4.78 is 26.4. The first-order chi connectivity index (χ1) is 8.48. The van der Waals surface area contributed by atoms with Gasteiger partial charge >= 0.3 is 0 Å². The second-order valence-corrected chi connectivity index (χ2v) is 7.73. The molecule has 2 rings (SSSR count). The van der Waals surface area contributed by atoms with Crippen LogP contribution in [0.4, 0.5) is 0 Å². The molecule has 1 saturated heterocycles. The lowest BCUT2D eigenvalue weighted by atomic mass is 9.98. The SMILES string of the molecule is Cc1csc(S(=O)(=O)N2C[C@H](CO)[C@@H](CO)C2)c1. The third kappa shape index (κ3) is 2.46. The summed E-state index contributed by atoms with van der Waals surface area (Å²) in [5.41, 5.74) is 0.926. The van der Waals surface area contributed by atoms with E-state index in [0.29, 0.717) is 4.21 Å². The van der Waals surface area contributed by atoms with Crippen LogP contribution in [0.25, 0.3) is 0 Å². The second-order valence-electron chi connectivity index (χ2n) is 4.65. The van der Waals surface area contributed by atoms with Crippen molar-refractivity contribution >= 4 is 21.4 Å². The van der Waals surface area contributed by atoms with Crippen LogP contribution in [0.5, 0.6) is 0 Å². The van der Waals surface area contributed by atoms with E-state index in [2.05, 4.69) is 0 Å². The fraction of sp³-hybridized carbons (Fsp3) is 0.636. The third-order valence-corrected chi connectivity index (χ3v) is 6.68. The molecule has 0 radical (unpaired) electrons. The molecule has 1 aliphatic rings. The van der Waals surface area contributed by atoms with Gasteiger partial charge in [-0.3, -0.25) is 0 Å². The molecule has 2 atom stereocenters. The molecule has 0 bridgehead atoms. The Morgan fingerprint density at radius 2 is 1.89 bits per heavy atom.